The Hall–Kier alpha value is 0. The van der Waals surface area contributed by atoms with Crippen LogP contribution in [-0.4, -0.2) is 0 Å². The summed E-state index contributed by atoms with van der Waals surface area (Å²) in [6.45, 7) is 14.9. The summed E-state index contributed by atoms with van der Waals surface area (Å²) >= 11 is 0. The number of hydrogen-bond donors (Lipinski definition) is 0. The first kappa shape index (κ1) is 17.4. The van der Waals surface area contributed by atoms with Crippen LogP contribution in [-0.2, 0) is 0 Å². The molecule has 0 aliphatic heterocycles. The lowest BCUT2D eigenvalue weighted by Gasteiger charge is -2.44. The van der Waals surface area contributed by atoms with Gasteiger partial charge in [-0.2, -0.15) is 0 Å². The van der Waals surface area contributed by atoms with E-state index in [9.17, 15) is 0 Å². The van der Waals surface area contributed by atoms with Gasteiger partial charge in [-0.05, 0) is 79.4 Å². The predicted molar refractivity (Wildman–Crippen MR) is 94.3 cm³/mol. The molecule has 2 rings (SSSR count). The second-order valence-electron chi connectivity index (χ2n) is 9.41. The van der Waals surface area contributed by atoms with E-state index in [-0.39, 0.29) is 0 Å². The zero-order chi connectivity index (χ0) is 15.6. The molecule has 1 unspecified atom stereocenters. The quantitative estimate of drug-likeness (QED) is 0.535. The lowest BCUT2D eigenvalue weighted by atomic mass is 9.62. The van der Waals surface area contributed by atoms with Crippen LogP contribution in [0.2, 0.25) is 0 Å². The molecule has 0 aromatic rings. The van der Waals surface area contributed by atoms with Crippen molar-refractivity contribution >= 4 is 0 Å². The van der Waals surface area contributed by atoms with Gasteiger partial charge in [0.25, 0.3) is 0 Å². The Bertz CT molecular complexity index is 273. The van der Waals surface area contributed by atoms with Crippen molar-refractivity contribution in [2.24, 2.45) is 47.3 Å². The molecule has 0 spiro atoms. The van der Waals surface area contributed by atoms with Crippen LogP contribution in [0.4, 0.5) is 0 Å². The normalized spacial score (nSPS) is 41.7. The van der Waals surface area contributed by atoms with E-state index in [0.717, 1.165) is 47.3 Å². The zero-order valence-electron chi connectivity index (χ0n) is 15.6. The summed E-state index contributed by atoms with van der Waals surface area (Å²) in [6.07, 6.45) is 10.5. The molecule has 0 heteroatoms. The minimum atomic E-state index is 0.890. The maximum absolute atomic E-state index is 2.49. The molecule has 0 N–H and O–H groups in total. The molecule has 0 radical (unpaired) electrons. The molecule has 0 amide bonds. The van der Waals surface area contributed by atoms with E-state index in [0.29, 0.717) is 0 Å². The molecule has 0 aromatic heterocycles. The molecule has 2 fully saturated rings. The summed E-state index contributed by atoms with van der Waals surface area (Å²) in [5.74, 6) is 7.78. The molecule has 0 saturated heterocycles. The van der Waals surface area contributed by atoms with E-state index in [1.807, 2.05) is 0 Å². The first-order valence-electron chi connectivity index (χ1n) is 9.88. The second kappa shape index (κ2) is 7.51. The SMILES string of the molecule is CC(C)[C@@H]1CC[C@@H](C)CC1C[C@@H]1C[C@H](C)CC[C@H]1C(C)C. The van der Waals surface area contributed by atoms with Crippen LogP contribution in [0, 0.1) is 47.3 Å². The third kappa shape index (κ3) is 4.49. The van der Waals surface area contributed by atoms with Gasteiger partial charge in [-0.15, -0.1) is 0 Å². The van der Waals surface area contributed by atoms with Crippen LogP contribution in [0.3, 0.4) is 0 Å². The lowest BCUT2D eigenvalue weighted by Crippen LogP contribution is -2.34. The van der Waals surface area contributed by atoms with Crippen molar-refractivity contribution in [1.29, 1.82) is 0 Å². The average Bonchev–Trinajstić information content (AvgIpc) is 2.38. The second-order valence-corrected chi connectivity index (χ2v) is 9.41. The van der Waals surface area contributed by atoms with E-state index >= 15 is 0 Å². The Labute approximate surface area is 134 Å². The third-order valence-corrected chi connectivity index (χ3v) is 6.92. The highest BCUT2D eigenvalue weighted by Crippen LogP contribution is 2.47. The van der Waals surface area contributed by atoms with E-state index < -0.39 is 0 Å². The van der Waals surface area contributed by atoms with E-state index in [2.05, 4.69) is 41.5 Å². The fourth-order valence-corrected chi connectivity index (χ4v) is 5.73. The minimum Gasteiger partial charge on any atom is -0.0625 e. The standard InChI is InChI=1S/C21H40/c1-14(2)20-9-7-16(5)11-18(20)13-19-12-17(6)8-10-21(19)15(3)4/h14-21H,7-13H2,1-6H3/t16-,17-,18+,19?,20+,21+/m1/s1. The summed E-state index contributed by atoms with van der Waals surface area (Å²) in [5, 5.41) is 0. The Kier molecular flexibility index (Phi) is 6.21. The number of hydrogen-bond acceptors (Lipinski definition) is 0. The first-order chi connectivity index (χ1) is 9.88. The third-order valence-electron chi connectivity index (χ3n) is 6.92. The van der Waals surface area contributed by atoms with Gasteiger partial charge in [0.05, 0.1) is 0 Å². The monoisotopic (exact) mass is 292 g/mol. The minimum absolute atomic E-state index is 0.890. The van der Waals surface area contributed by atoms with Crippen LogP contribution >= 0.6 is 0 Å². The molecule has 0 aromatic carbocycles. The molecular weight excluding hydrogens is 252 g/mol. The van der Waals surface area contributed by atoms with Crippen molar-refractivity contribution in [1.82, 2.24) is 0 Å². The lowest BCUT2D eigenvalue weighted by molar-refractivity contribution is 0.0665. The fraction of sp³-hybridized carbons (Fsp3) is 1.00. The topological polar surface area (TPSA) is 0 Å². The van der Waals surface area contributed by atoms with Crippen LogP contribution in [0.5, 0.6) is 0 Å². The summed E-state index contributed by atoms with van der Waals surface area (Å²) < 4.78 is 0. The Morgan fingerprint density at radius 1 is 0.667 bits per heavy atom. The number of rotatable bonds is 4. The van der Waals surface area contributed by atoms with Gasteiger partial charge < -0.3 is 0 Å². The van der Waals surface area contributed by atoms with Crippen LogP contribution < -0.4 is 0 Å². The van der Waals surface area contributed by atoms with Gasteiger partial charge in [-0.25, -0.2) is 0 Å². The van der Waals surface area contributed by atoms with Gasteiger partial charge in [0.1, 0.15) is 0 Å². The molecule has 0 nitrogen and oxygen atoms in total. The van der Waals surface area contributed by atoms with Crippen molar-refractivity contribution in [3.63, 3.8) is 0 Å². The average molecular weight is 293 g/mol. The van der Waals surface area contributed by atoms with Gasteiger partial charge in [0.2, 0.25) is 0 Å². The Balaban J connectivity index is 2.04. The summed E-state index contributed by atoms with van der Waals surface area (Å²) in [6, 6.07) is 0. The van der Waals surface area contributed by atoms with Crippen molar-refractivity contribution < 1.29 is 0 Å². The van der Waals surface area contributed by atoms with Crippen molar-refractivity contribution in [2.45, 2.75) is 86.5 Å². The van der Waals surface area contributed by atoms with Crippen LogP contribution in [0.25, 0.3) is 0 Å². The van der Waals surface area contributed by atoms with Gasteiger partial charge >= 0.3 is 0 Å². The zero-order valence-corrected chi connectivity index (χ0v) is 15.6. The molecule has 0 bridgehead atoms. The molecule has 2 aliphatic rings. The van der Waals surface area contributed by atoms with Gasteiger partial charge in [-0.3, -0.25) is 0 Å². The van der Waals surface area contributed by atoms with Gasteiger partial charge in [-0.1, -0.05) is 54.4 Å². The van der Waals surface area contributed by atoms with Crippen molar-refractivity contribution in [3.05, 3.63) is 0 Å². The molecule has 0 heterocycles. The maximum atomic E-state index is 2.49. The predicted octanol–water partition coefficient (Wildman–Crippen LogP) is 6.79. The van der Waals surface area contributed by atoms with Crippen LogP contribution in [0.15, 0.2) is 0 Å². The molecule has 2 saturated carbocycles. The fourth-order valence-electron chi connectivity index (χ4n) is 5.73. The molecule has 2 aliphatic carbocycles. The van der Waals surface area contributed by atoms with Gasteiger partial charge in [0, 0.05) is 0 Å². The molecule has 21 heavy (non-hydrogen) atoms. The summed E-state index contributed by atoms with van der Waals surface area (Å²) in [7, 11) is 0. The highest BCUT2D eigenvalue weighted by molar-refractivity contribution is 4.87. The molecule has 6 atom stereocenters. The largest absolute Gasteiger partial charge is 0.0625 e. The Morgan fingerprint density at radius 2 is 1.05 bits per heavy atom. The highest BCUT2D eigenvalue weighted by Gasteiger charge is 2.37. The van der Waals surface area contributed by atoms with Gasteiger partial charge in [0.15, 0.2) is 0 Å². The van der Waals surface area contributed by atoms with E-state index in [4.69, 9.17) is 0 Å². The molecular formula is C21H40. The van der Waals surface area contributed by atoms with Crippen LogP contribution in [0.1, 0.15) is 86.5 Å². The van der Waals surface area contributed by atoms with E-state index in [1.54, 1.807) is 6.42 Å². The Morgan fingerprint density at radius 3 is 1.38 bits per heavy atom. The summed E-state index contributed by atoms with van der Waals surface area (Å²) in [4.78, 5) is 0. The summed E-state index contributed by atoms with van der Waals surface area (Å²) in [5.41, 5.74) is 0. The van der Waals surface area contributed by atoms with E-state index in [1.165, 1.54) is 38.5 Å². The molecule has 124 valence electrons. The van der Waals surface area contributed by atoms with Crippen molar-refractivity contribution in [2.75, 3.05) is 0 Å². The highest BCUT2D eigenvalue weighted by atomic mass is 14.4. The van der Waals surface area contributed by atoms with Crippen molar-refractivity contribution in [3.8, 4) is 0 Å². The smallest absolute Gasteiger partial charge is 0.0362 e. The first-order valence-corrected chi connectivity index (χ1v) is 9.88. The maximum Gasteiger partial charge on any atom is -0.0362 e.